The van der Waals surface area contributed by atoms with E-state index in [0.29, 0.717) is 30.2 Å². The molecule has 1 fully saturated rings. The summed E-state index contributed by atoms with van der Waals surface area (Å²) >= 11 is 0. The van der Waals surface area contributed by atoms with Crippen molar-refractivity contribution in [3.05, 3.63) is 41.2 Å². The fourth-order valence-corrected chi connectivity index (χ4v) is 3.04. The summed E-state index contributed by atoms with van der Waals surface area (Å²) in [4.78, 5) is 24.1. The van der Waals surface area contributed by atoms with Crippen LogP contribution in [0.3, 0.4) is 0 Å². The fourth-order valence-electron chi connectivity index (χ4n) is 1.99. The number of carbonyl (C=O) groups excluding carboxylic acids is 1. The van der Waals surface area contributed by atoms with Crippen molar-refractivity contribution in [1.82, 2.24) is 4.90 Å². The number of carboxylic acid groups (broad SMARTS) is 1. The second-order valence-electron chi connectivity index (χ2n) is 4.55. The van der Waals surface area contributed by atoms with Gasteiger partial charge in [0.15, 0.2) is 0 Å². The van der Waals surface area contributed by atoms with Crippen LogP contribution in [0.1, 0.15) is 15.9 Å². The molecule has 0 atom stereocenters. The molecule has 0 aromatic heterocycles. The average Bonchev–Trinajstić information content (AvgIpc) is 2.45. The fraction of sp³-hybridized carbons (Fsp3) is 0.286. The van der Waals surface area contributed by atoms with Crippen LogP contribution in [0.15, 0.2) is 24.3 Å². The molecule has 1 aliphatic heterocycles. The van der Waals surface area contributed by atoms with Crippen LogP contribution in [0.2, 0.25) is 0 Å². The Bertz CT molecular complexity index is 619. The molecule has 1 heterocycles. The molecule has 1 aliphatic rings. The number of aliphatic carboxylic acids is 1. The Kier molecular flexibility index (Phi) is 4.85. The first-order valence-electron chi connectivity index (χ1n) is 6.32. The van der Waals surface area contributed by atoms with Gasteiger partial charge in [-0.25, -0.2) is 9.18 Å². The normalized spacial score (nSPS) is 16.3. The van der Waals surface area contributed by atoms with E-state index in [-0.39, 0.29) is 5.56 Å². The quantitative estimate of drug-likeness (QED) is 0.849. The van der Waals surface area contributed by atoms with Crippen LogP contribution in [0.4, 0.5) is 4.39 Å². The topological polar surface area (TPSA) is 74.7 Å². The van der Waals surface area contributed by atoms with Crippen LogP contribution in [0.5, 0.6) is 0 Å². The molecule has 2 rings (SSSR count). The molecule has 1 aromatic carbocycles. The lowest BCUT2D eigenvalue weighted by atomic mass is 10.1. The van der Waals surface area contributed by atoms with Crippen molar-refractivity contribution < 1.29 is 23.3 Å². The molecule has 0 spiro atoms. The summed E-state index contributed by atoms with van der Waals surface area (Å²) in [7, 11) is -0.902. The van der Waals surface area contributed by atoms with Gasteiger partial charge in [-0.2, -0.15) is 0 Å². The molecule has 0 unspecified atom stereocenters. The Morgan fingerprint density at radius 3 is 2.52 bits per heavy atom. The van der Waals surface area contributed by atoms with E-state index in [9.17, 15) is 18.2 Å². The molecule has 1 N–H and O–H groups in total. The second-order valence-corrected chi connectivity index (χ2v) is 6.25. The Labute approximate surface area is 123 Å². The molecule has 21 heavy (non-hydrogen) atoms. The zero-order valence-electron chi connectivity index (χ0n) is 11.1. The van der Waals surface area contributed by atoms with E-state index in [1.165, 1.54) is 23.1 Å². The van der Waals surface area contributed by atoms with E-state index in [1.807, 2.05) is 0 Å². The van der Waals surface area contributed by atoms with Crippen LogP contribution in [0, 0.1) is 5.82 Å². The molecule has 1 aromatic rings. The number of carboxylic acids is 1. The van der Waals surface area contributed by atoms with Crippen molar-refractivity contribution in [1.29, 1.82) is 0 Å². The number of rotatable bonds is 3. The molecular weight excluding hydrogens is 297 g/mol. The number of halogens is 1. The predicted molar refractivity (Wildman–Crippen MR) is 76.8 cm³/mol. The highest BCUT2D eigenvalue weighted by atomic mass is 32.2. The molecule has 0 bridgehead atoms. The maximum Gasteiger partial charge on any atom is 0.328 e. The van der Waals surface area contributed by atoms with Gasteiger partial charge in [0.1, 0.15) is 5.82 Å². The third-order valence-corrected chi connectivity index (χ3v) is 4.38. The van der Waals surface area contributed by atoms with Gasteiger partial charge in [0.05, 0.1) is 5.56 Å². The SMILES string of the molecule is O=C(O)C=Cc1ccc(C(=O)N2CCS(=O)CC2)c(F)c1. The summed E-state index contributed by atoms with van der Waals surface area (Å²) in [6, 6.07) is 3.94. The lowest BCUT2D eigenvalue weighted by Crippen LogP contribution is -2.42. The molecule has 112 valence electrons. The van der Waals surface area contributed by atoms with Crippen LogP contribution in [-0.2, 0) is 15.6 Å². The van der Waals surface area contributed by atoms with Gasteiger partial charge in [-0.1, -0.05) is 6.07 Å². The molecule has 5 nitrogen and oxygen atoms in total. The summed E-state index contributed by atoms with van der Waals surface area (Å²) in [6.07, 6.45) is 2.15. The van der Waals surface area contributed by atoms with Crippen LogP contribution < -0.4 is 0 Å². The first kappa shape index (κ1) is 15.4. The molecule has 0 aliphatic carbocycles. The molecule has 0 saturated carbocycles. The first-order chi connectivity index (χ1) is 9.97. The van der Waals surface area contributed by atoms with Crippen LogP contribution in [-0.4, -0.2) is 50.7 Å². The zero-order chi connectivity index (χ0) is 15.4. The van der Waals surface area contributed by atoms with Gasteiger partial charge in [-0.15, -0.1) is 0 Å². The van der Waals surface area contributed by atoms with Crippen LogP contribution >= 0.6 is 0 Å². The molecule has 1 amide bonds. The highest BCUT2D eigenvalue weighted by Gasteiger charge is 2.23. The summed E-state index contributed by atoms with van der Waals surface area (Å²) in [5.41, 5.74) is 0.307. The summed E-state index contributed by atoms with van der Waals surface area (Å²) < 4.78 is 25.2. The summed E-state index contributed by atoms with van der Waals surface area (Å²) in [6.45, 7) is 0.705. The number of carbonyl (C=O) groups is 2. The lowest BCUT2D eigenvalue weighted by molar-refractivity contribution is -0.131. The molecule has 0 radical (unpaired) electrons. The van der Waals surface area contributed by atoms with E-state index in [2.05, 4.69) is 0 Å². The van der Waals surface area contributed by atoms with Gasteiger partial charge in [0.25, 0.3) is 5.91 Å². The van der Waals surface area contributed by atoms with E-state index in [1.54, 1.807) is 0 Å². The number of nitrogens with zero attached hydrogens (tertiary/aromatic N) is 1. The first-order valence-corrected chi connectivity index (χ1v) is 7.81. The largest absolute Gasteiger partial charge is 0.478 e. The Morgan fingerprint density at radius 1 is 1.29 bits per heavy atom. The van der Waals surface area contributed by atoms with Crippen molar-refractivity contribution in [2.45, 2.75) is 0 Å². The Morgan fingerprint density at radius 2 is 1.95 bits per heavy atom. The third kappa shape index (κ3) is 3.98. The Balaban J connectivity index is 2.15. The maximum atomic E-state index is 14.0. The standard InChI is InChI=1S/C14H14FNO4S/c15-12-9-10(2-4-13(17)18)1-3-11(12)14(19)16-5-7-21(20)8-6-16/h1-4,9H,5-8H2,(H,17,18). The summed E-state index contributed by atoms with van der Waals surface area (Å²) in [5.74, 6) is -1.44. The average molecular weight is 311 g/mol. The van der Waals surface area contributed by atoms with Crippen molar-refractivity contribution in [3.8, 4) is 0 Å². The third-order valence-electron chi connectivity index (χ3n) is 3.11. The van der Waals surface area contributed by atoms with Gasteiger partial charge >= 0.3 is 5.97 Å². The molecule has 1 saturated heterocycles. The van der Waals surface area contributed by atoms with Gasteiger partial charge < -0.3 is 10.0 Å². The van der Waals surface area contributed by atoms with E-state index in [4.69, 9.17) is 5.11 Å². The smallest absolute Gasteiger partial charge is 0.328 e. The van der Waals surface area contributed by atoms with Gasteiger partial charge in [-0.05, 0) is 23.8 Å². The minimum absolute atomic E-state index is 0.0600. The lowest BCUT2D eigenvalue weighted by Gasteiger charge is -2.26. The Hall–Kier alpha value is -2.02. The van der Waals surface area contributed by atoms with E-state index >= 15 is 0 Å². The van der Waals surface area contributed by atoms with Gasteiger partial charge in [-0.3, -0.25) is 9.00 Å². The minimum atomic E-state index is -1.13. The van der Waals surface area contributed by atoms with Crippen LogP contribution in [0.25, 0.3) is 6.08 Å². The molecular formula is C14H14FNO4S. The van der Waals surface area contributed by atoms with Crippen molar-refractivity contribution in [2.75, 3.05) is 24.6 Å². The van der Waals surface area contributed by atoms with Crippen molar-refractivity contribution in [2.24, 2.45) is 0 Å². The highest BCUT2D eigenvalue weighted by Crippen LogP contribution is 2.15. The monoisotopic (exact) mass is 311 g/mol. The van der Waals surface area contributed by atoms with E-state index in [0.717, 1.165) is 12.1 Å². The maximum absolute atomic E-state index is 14.0. The second kappa shape index (κ2) is 6.62. The highest BCUT2D eigenvalue weighted by molar-refractivity contribution is 7.85. The van der Waals surface area contributed by atoms with Gasteiger partial charge in [0.2, 0.25) is 0 Å². The number of amides is 1. The van der Waals surface area contributed by atoms with Crippen molar-refractivity contribution >= 4 is 28.8 Å². The number of benzene rings is 1. The number of hydrogen-bond acceptors (Lipinski definition) is 3. The zero-order valence-corrected chi connectivity index (χ0v) is 11.9. The molecule has 7 heteroatoms. The predicted octanol–water partition coefficient (Wildman–Crippen LogP) is 1.13. The number of hydrogen-bond donors (Lipinski definition) is 1. The minimum Gasteiger partial charge on any atom is -0.478 e. The van der Waals surface area contributed by atoms with Crippen molar-refractivity contribution in [3.63, 3.8) is 0 Å². The van der Waals surface area contributed by atoms with Gasteiger partial charge in [0, 0.05) is 41.5 Å². The summed E-state index contributed by atoms with van der Waals surface area (Å²) in [5, 5.41) is 8.51. The van der Waals surface area contributed by atoms with E-state index < -0.39 is 28.5 Å².